The first-order chi connectivity index (χ1) is 8.17. The van der Waals surface area contributed by atoms with Gasteiger partial charge in [-0.15, -0.1) is 0 Å². The molecule has 0 spiro atoms. The number of nitrogens with one attached hydrogen (secondary N) is 1. The lowest BCUT2D eigenvalue weighted by atomic mass is 10.2. The van der Waals surface area contributed by atoms with Crippen LogP contribution in [0.1, 0.15) is 32.3 Å². The average Bonchev–Trinajstić information content (AvgIpc) is 2.30. The SMILES string of the molecule is CCCC(=O)NCc1ccc(OCC)c(F)c1. The summed E-state index contributed by atoms with van der Waals surface area (Å²) in [5.74, 6) is -0.160. The topological polar surface area (TPSA) is 38.3 Å². The molecule has 0 bridgehead atoms. The molecule has 0 fully saturated rings. The monoisotopic (exact) mass is 239 g/mol. The van der Waals surface area contributed by atoms with Crippen LogP contribution in [0.5, 0.6) is 5.75 Å². The predicted molar refractivity (Wildman–Crippen MR) is 64.3 cm³/mol. The molecule has 0 aliphatic carbocycles. The van der Waals surface area contributed by atoms with Crippen molar-refractivity contribution in [2.75, 3.05) is 6.61 Å². The zero-order valence-electron chi connectivity index (χ0n) is 10.3. The minimum Gasteiger partial charge on any atom is -0.491 e. The molecule has 17 heavy (non-hydrogen) atoms. The van der Waals surface area contributed by atoms with Crippen molar-refractivity contribution in [2.45, 2.75) is 33.2 Å². The molecular weight excluding hydrogens is 221 g/mol. The average molecular weight is 239 g/mol. The second kappa shape index (κ2) is 6.89. The van der Waals surface area contributed by atoms with E-state index in [1.807, 2.05) is 6.92 Å². The fraction of sp³-hybridized carbons (Fsp3) is 0.462. The molecular formula is C13H18FNO2. The van der Waals surface area contributed by atoms with Gasteiger partial charge in [-0.3, -0.25) is 4.79 Å². The highest BCUT2D eigenvalue weighted by Crippen LogP contribution is 2.18. The highest BCUT2D eigenvalue weighted by Gasteiger charge is 2.05. The Kier molecular flexibility index (Phi) is 5.46. The maximum Gasteiger partial charge on any atom is 0.220 e. The summed E-state index contributed by atoms with van der Waals surface area (Å²) < 4.78 is 18.6. The van der Waals surface area contributed by atoms with Crippen molar-refractivity contribution in [2.24, 2.45) is 0 Å². The fourth-order valence-corrected chi connectivity index (χ4v) is 1.44. The van der Waals surface area contributed by atoms with Gasteiger partial charge in [0.05, 0.1) is 6.61 Å². The zero-order chi connectivity index (χ0) is 12.7. The van der Waals surface area contributed by atoms with E-state index in [1.54, 1.807) is 19.1 Å². The van der Waals surface area contributed by atoms with Crippen molar-refractivity contribution in [3.63, 3.8) is 0 Å². The van der Waals surface area contributed by atoms with E-state index in [0.29, 0.717) is 19.6 Å². The zero-order valence-corrected chi connectivity index (χ0v) is 10.3. The van der Waals surface area contributed by atoms with Gasteiger partial charge in [-0.25, -0.2) is 4.39 Å². The van der Waals surface area contributed by atoms with E-state index < -0.39 is 5.82 Å². The summed E-state index contributed by atoms with van der Waals surface area (Å²) in [5, 5.41) is 2.73. The summed E-state index contributed by atoms with van der Waals surface area (Å²) in [6, 6.07) is 4.72. The van der Waals surface area contributed by atoms with Gasteiger partial charge in [0.25, 0.3) is 0 Å². The van der Waals surface area contributed by atoms with Crippen LogP contribution < -0.4 is 10.1 Å². The number of hydrogen-bond acceptors (Lipinski definition) is 2. The summed E-state index contributed by atoms with van der Waals surface area (Å²) in [6.07, 6.45) is 1.31. The smallest absolute Gasteiger partial charge is 0.220 e. The molecule has 1 aromatic rings. The van der Waals surface area contributed by atoms with E-state index in [1.165, 1.54) is 6.07 Å². The van der Waals surface area contributed by atoms with E-state index in [2.05, 4.69) is 5.32 Å². The first kappa shape index (κ1) is 13.5. The number of halogens is 1. The fourth-order valence-electron chi connectivity index (χ4n) is 1.44. The Labute approximate surface area is 101 Å². The van der Waals surface area contributed by atoms with E-state index in [-0.39, 0.29) is 11.7 Å². The lowest BCUT2D eigenvalue weighted by Crippen LogP contribution is -2.22. The number of hydrogen-bond donors (Lipinski definition) is 1. The van der Waals surface area contributed by atoms with Gasteiger partial charge in [-0.2, -0.15) is 0 Å². The highest BCUT2D eigenvalue weighted by atomic mass is 19.1. The molecule has 0 aliphatic rings. The minimum atomic E-state index is -0.394. The predicted octanol–water partition coefficient (Wildman–Crippen LogP) is 2.64. The minimum absolute atomic E-state index is 0.0122. The van der Waals surface area contributed by atoms with E-state index >= 15 is 0 Å². The maximum absolute atomic E-state index is 13.5. The summed E-state index contributed by atoms with van der Waals surface area (Å²) in [7, 11) is 0. The molecule has 0 heterocycles. The third kappa shape index (κ3) is 4.43. The molecule has 0 saturated heterocycles. The van der Waals surface area contributed by atoms with E-state index in [0.717, 1.165) is 12.0 Å². The molecule has 0 radical (unpaired) electrons. The van der Waals surface area contributed by atoms with Crippen molar-refractivity contribution >= 4 is 5.91 Å². The van der Waals surface area contributed by atoms with Crippen molar-refractivity contribution < 1.29 is 13.9 Å². The van der Waals surface area contributed by atoms with Crippen LogP contribution in [-0.2, 0) is 11.3 Å². The number of carbonyl (C=O) groups excluding carboxylic acids is 1. The number of carbonyl (C=O) groups is 1. The van der Waals surface area contributed by atoms with Crippen LogP contribution in [0.15, 0.2) is 18.2 Å². The lowest BCUT2D eigenvalue weighted by Gasteiger charge is -2.08. The quantitative estimate of drug-likeness (QED) is 0.828. The molecule has 1 aromatic carbocycles. The molecule has 0 aromatic heterocycles. The van der Waals surface area contributed by atoms with Gasteiger partial charge in [-0.1, -0.05) is 13.0 Å². The summed E-state index contributed by atoms with van der Waals surface area (Å²) in [6.45, 7) is 4.53. The molecule has 0 saturated carbocycles. The van der Waals surface area contributed by atoms with Crippen molar-refractivity contribution in [1.82, 2.24) is 5.32 Å². The van der Waals surface area contributed by atoms with Gasteiger partial charge < -0.3 is 10.1 Å². The van der Waals surface area contributed by atoms with E-state index in [4.69, 9.17) is 4.74 Å². The van der Waals surface area contributed by atoms with Crippen molar-refractivity contribution in [3.8, 4) is 5.75 Å². The second-order valence-electron chi connectivity index (χ2n) is 3.72. The van der Waals surface area contributed by atoms with Crippen molar-refractivity contribution in [3.05, 3.63) is 29.6 Å². The molecule has 1 rings (SSSR count). The summed E-state index contributed by atoms with van der Waals surface area (Å²) >= 11 is 0. The Bertz CT molecular complexity index is 380. The highest BCUT2D eigenvalue weighted by molar-refractivity contribution is 5.75. The Morgan fingerprint density at radius 1 is 1.41 bits per heavy atom. The number of amides is 1. The van der Waals surface area contributed by atoms with Gasteiger partial charge in [0.2, 0.25) is 5.91 Å². The first-order valence-electron chi connectivity index (χ1n) is 5.85. The van der Waals surface area contributed by atoms with Crippen LogP contribution in [-0.4, -0.2) is 12.5 Å². The van der Waals surface area contributed by atoms with Gasteiger partial charge in [0, 0.05) is 13.0 Å². The van der Waals surface area contributed by atoms with E-state index in [9.17, 15) is 9.18 Å². The lowest BCUT2D eigenvalue weighted by molar-refractivity contribution is -0.121. The molecule has 0 unspecified atom stereocenters. The maximum atomic E-state index is 13.5. The number of ether oxygens (including phenoxy) is 1. The Balaban J connectivity index is 2.55. The number of rotatable bonds is 6. The largest absolute Gasteiger partial charge is 0.491 e. The number of benzene rings is 1. The third-order valence-electron chi connectivity index (χ3n) is 2.26. The standard InChI is InChI=1S/C13H18FNO2/c1-3-5-13(16)15-9-10-6-7-12(17-4-2)11(14)8-10/h6-8H,3-5,9H2,1-2H3,(H,15,16). The summed E-state index contributed by atoms with van der Waals surface area (Å²) in [5.41, 5.74) is 0.732. The normalized spacial score (nSPS) is 10.1. The summed E-state index contributed by atoms with van der Waals surface area (Å²) in [4.78, 5) is 11.2. The van der Waals surface area contributed by atoms with Crippen LogP contribution >= 0.6 is 0 Å². The van der Waals surface area contributed by atoms with Gasteiger partial charge in [0.1, 0.15) is 0 Å². The Morgan fingerprint density at radius 2 is 2.18 bits per heavy atom. The molecule has 3 nitrogen and oxygen atoms in total. The van der Waals surface area contributed by atoms with Gasteiger partial charge in [-0.05, 0) is 31.0 Å². The van der Waals surface area contributed by atoms with Crippen LogP contribution in [0.3, 0.4) is 0 Å². The first-order valence-corrected chi connectivity index (χ1v) is 5.85. The molecule has 4 heteroatoms. The van der Waals surface area contributed by atoms with Crippen LogP contribution in [0.4, 0.5) is 4.39 Å². The van der Waals surface area contributed by atoms with Crippen LogP contribution in [0.25, 0.3) is 0 Å². The Hall–Kier alpha value is -1.58. The van der Waals surface area contributed by atoms with Crippen LogP contribution in [0, 0.1) is 5.82 Å². The van der Waals surface area contributed by atoms with Gasteiger partial charge >= 0.3 is 0 Å². The molecule has 0 atom stereocenters. The molecule has 1 amide bonds. The second-order valence-corrected chi connectivity index (χ2v) is 3.72. The van der Waals surface area contributed by atoms with Gasteiger partial charge in [0.15, 0.2) is 11.6 Å². The molecule has 1 N–H and O–H groups in total. The Morgan fingerprint density at radius 3 is 2.76 bits per heavy atom. The third-order valence-corrected chi connectivity index (χ3v) is 2.26. The molecule has 0 aliphatic heterocycles. The van der Waals surface area contributed by atoms with Crippen LogP contribution in [0.2, 0.25) is 0 Å². The van der Waals surface area contributed by atoms with Crippen molar-refractivity contribution in [1.29, 1.82) is 0 Å². The molecule has 94 valence electrons.